The third-order valence-electron chi connectivity index (χ3n) is 3.49. The van der Waals surface area contributed by atoms with Crippen molar-refractivity contribution in [2.24, 2.45) is 0 Å². The maximum absolute atomic E-state index is 9.46. The summed E-state index contributed by atoms with van der Waals surface area (Å²) in [5.74, 6) is 1.89. The Bertz CT molecular complexity index is 901. The third kappa shape index (κ3) is 1.98. The lowest BCUT2D eigenvalue weighted by Gasteiger charge is -2.01. The van der Waals surface area contributed by atoms with E-state index in [0.717, 1.165) is 16.6 Å². The quantitative estimate of drug-likeness (QED) is 0.734. The van der Waals surface area contributed by atoms with Crippen molar-refractivity contribution in [3.05, 3.63) is 53.9 Å². The van der Waals surface area contributed by atoms with Gasteiger partial charge in [0.25, 0.3) is 0 Å². The zero-order chi connectivity index (χ0) is 14.9. The van der Waals surface area contributed by atoms with Gasteiger partial charge >= 0.3 is 0 Å². The summed E-state index contributed by atoms with van der Waals surface area (Å²) >= 11 is 0. The number of hydrogen-bond donors (Lipinski definition) is 1. The average molecular weight is 289 g/mol. The van der Waals surface area contributed by atoms with Crippen molar-refractivity contribution in [1.29, 1.82) is 5.26 Å². The van der Waals surface area contributed by atoms with Gasteiger partial charge in [-0.1, -0.05) is 24.3 Å². The molecular weight excluding hydrogens is 278 g/mol. The number of rotatable bonds is 2. The van der Waals surface area contributed by atoms with Crippen LogP contribution in [0, 0.1) is 11.3 Å². The fraction of sp³-hybridized carbons (Fsp3) is 0.0588. The van der Waals surface area contributed by atoms with Crippen molar-refractivity contribution in [3.63, 3.8) is 0 Å². The van der Waals surface area contributed by atoms with E-state index in [1.165, 1.54) is 0 Å². The number of aromatic nitrogens is 2. The molecule has 0 bridgehead atoms. The summed E-state index contributed by atoms with van der Waals surface area (Å²) in [6, 6.07) is 15.5. The van der Waals surface area contributed by atoms with Crippen LogP contribution in [0.3, 0.4) is 0 Å². The van der Waals surface area contributed by atoms with E-state index in [9.17, 15) is 5.26 Å². The van der Waals surface area contributed by atoms with Crippen molar-refractivity contribution < 1.29 is 9.47 Å². The molecule has 106 valence electrons. The number of nitrogens with one attached hydrogen (secondary N) is 1. The smallest absolute Gasteiger partial charge is 0.231 e. The molecule has 2 aromatic carbocycles. The molecular formula is C17H11N3O2. The maximum Gasteiger partial charge on any atom is 0.231 e. The minimum Gasteiger partial charge on any atom is -0.454 e. The standard InChI is InChI=1S/C17H11N3O2/c18-9-12(17-19-13-5-1-2-6-14(13)20-17)8-11-4-3-7-15-16(11)22-10-21-15/h1-8H,10H2,(H,19,20)/b12-8-. The molecule has 0 radical (unpaired) electrons. The van der Waals surface area contributed by atoms with E-state index in [0.29, 0.717) is 22.9 Å². The van der Waals surface area contributed by atoms with Gasteiger partial charge in [0.15, 0.2) is 11.5 Å². The lowest BCUT2D eigenvalue weighted by Crippen LogP contribution is -1.93. The molecule has 0 amide bonds. The molecule has 3 aromatic rings. The van der Waals surface area contributed by atoms with Gasteiger partial charge in [0.1, 0.15) is 11.9 Å². The number of aromatic amines is 1. The Morgan fingerprint density at radius 2 is 2.09 bits per heavy atom. The molecule has 0 unspecified atom stereocenters. The Morgan fingerprint density at radius 3 is 2.95 bits per heavy atom. The summed E-state index contributed by atoms with van der Waals surface area (Å²) in [5, 5.41) is 9.46. The van der Waals surface area contributed by atoms with Crippen LogP contribution in [0.2, 0.25) is 0 Å². The molecule has 0 aliphatic carbocycles. The summed E-state index contributed by atoms with van der Waals surface area (Å²) in [7, 11) is 0. The molecule has 5 nitrogen and oxygen atoms in total. The number of para-hydroxylation sites is 3. The molecule has 1 aromatic heterocycles. The van der Waals surface area contributed by atoms with Gasteiger partial charge in [-0.25, -0.2) is 4.98 Å². The van der Waals surface area contributed by atoms with Crippen molar-refractivity contribution >= 4 is 22.7 Å². The first kappa shape index (κ1) is 12.5. The number of hydrogen-bond acceptors (Lipinski definition) is 4. The molecule has 0 atom stereocenters. The number of fused-ring (bicyclic) bond motifs is 2. The lowest BCUT2D eigenvalue weighted by atomic mass is 10.1. The summed E-state index contributed by atoms with van der Waals surface area (Å²) in [6.45, 7) is 0.201. The summed E-state index contributed by atoms with van der Waals surface area (Å²) in [6.07, 6.45) is 1.76. The second-order valence-corrected chi connectivity index (χ2v) is 4.85. The minimum absolute atomic E-state index is 0.201. The van der Waals surface area contributed by atoms with E-state index < -0.39 is 0 Å². The highest BCUT2D eigenvalue weighted by atomic mass is 16.7. The zero-order valence-corrected chi connectivity index (χ0v) is 11.5. The van der Waals surface area contributed by atoms with Crippen molar-refractivity contribution in [1.82, 2.24) is 9.97 Å². The summed E-state index contributed by atoms with van der Waals surface area (Å²) in [4.78, 5) is 7.62. The number of benzene rings is 2. The lowest BCUT2D eigenvalue weighted by molar-refractivity contribution is 0.174. The monoisotopic (exact) mass is 289 g/mol. The maximum atomic E-state index is 9.46. The van der Waals surface area contributed by atoms with Gasteiger partial charge < -0.3 is 14.5 Å². The highest BCUT2D eigenvalue weighted by molar-refractivity contribution is 5.91. The Morgan fingerprint density at radius 1 is 1.18 bits per heavy atom. The summed E-state index contributed by atoms with van der Waals surface area (Å²) in [5.41, 5.74) is 2.97. The normalized spacial score (nSPS) is 13.3. The summed E-state index contributed by atoms with van der Waals surface area (Å²) < 4.78 is 10.8. The van der Waals surface area contributed by atoms with Gasteiger partial charge in [-0.05, 0) is 24.3 Å². The van der Waals surface area contributed by atoms with Crippen LogP contribution in [0.25, 0.3) is 22.7 Å². The van der Waals surface area contributed by atoms with E-state index in [2.05, 4.69) is 16.0 Å². The van der Waals surface area contributed by atoms with E-state index >= 15 is 0 Å². The first-order chi connectivity index (χ1) is 10.8. The molecule has 0 saturated heterocycles. The van der Waals surface area contributed by atoms with Gasteiger partial charge in [-0.15, -0.1) is 0 Å². The fourth-order valence-electron chi connectivity index (χ4n) is 2.46. The van der Waals surface area contributed by atoms with Crippen LogP contribution < -0.4 is 9.47 Å². The van der Waals surface area contributed by atoms with Crippen LogP contribution >= 0.6 is 0 Å². The molecule has 0 saturated carbocycles. The molecule has 1 aliphatic heterocycles. The SMILES string of the molecule is N#C/C(=C/c1cccc2c1OCO2)c1nc2ccccc2[nH]1. The minimum atomic E-state index is 0.201. The van der Waals surface area contributed by atoms with Crippen LogP contribution in [0.15, 0.2) is 42.5 Å². The Balaban J connectivity index is 1.82. The van der Waals surface area contributed by atoms with Crippen LogP contribution in [0.4, 0.5) is 0 Å². The zero-order valence-electron chi connectivity index (χ0n) is 11.5. The number of allylic oxidation sites excluding steroid dienone is 1. The molecule has 1 aliphatic rings. The molecule has 5 heteroatoms. The molecule has 22 heavy (non-hydrogen) atoms. The van der Waals surface area contributed by atoms with Crippen LogP contribution in [0.5, 0.6) is 11.5 Å². The highest BCUT2D eigenvalue weighted by Gasteiger charge is 2.17. The molecule has 4 rings (SSSR count). The highest BCUT2D eigenvalue weighted by Crippen LogP contribution is 2.37. The number of nitrogens with zero attached hydrogens (tertiary/aromatic N) is 2. The average Bonchev–Trinajstić information content (AvgIpc) is 3.18. The van der Waals surface area contributed by atoms with Crippen LogP contribution in [-0.2, 0) is 0 Å². The van der Waals surface area contributed by atoms with E-state index in [1.54, 1.807) is 6.08 Å². The Kier molecular flexibility index (Phi) is 2.80. The van der Waals surface area contributed by atoms with Crippen molar-refractivity contribution in [3.8, 4) is 17.6 Å². The first-order valence-electron chi connectivity index (χ1n) is 6.81. The van der Waals surface area contributed by atoms with E-state index in [4.69, 9.17) is 9.47 Å². The number of imidazole rings is 1. The number of nitriles is 1. The van der Waals surface area contributed by atoms with Gasteiger partial charge in [-0.3, -0.25) is 0 Å². The predicted molar refractivity (Wildman–Crippen MR) is 82.1 cm³/mol. The fourth-order valence-corrected chi connectivity index (χ4v) is 2.46. The van der Waals surface area contributed by atoms with Crippen molar-refractivity contribution in [2.45, 2.75) is 0 Å². The molecule has 1 N–H and O–H groups in total. The first-order valence-corrected chi connectivity index (χ1v) is 6.81. The second kappa shape index (κ2) is 4.93. The molecule has 0 spiro atoms. The Labute approximate surface area is 126 Å². The largest absolute Gasteiger partial charge is 0.454 e. The molecule has 2 heterocycles. The van der Waals surface area contributed by atoms with Crippen LogP contribution in [0.1, 0.15) is 11.4 Å². The van der Waals surface area contributed by atoms with Crippen molar-refractivity contribution in [2.75, 3.05) is 6.79 Å². The third-order valence-corrected chi connectivity index (χ3v) is 3.49. The predicted octanol–water partition coefficient (Wildman–Crippen LogP) is 3.36. The molecule has 0 fully saturated rings. The van der Waals surface area contributed by atoms with E-state index in [-0.39, 0.29) is 6.79 Å². The number of H-pyrrole nitrogens is 1. The van der Waals surface area contributed by atoms with E-state index in [1.807, 2.05) is 42.5 Å². The number of ether oxygens (including phenoxy) is 2. The van der Waals surface area contributed by atoms with Gasteiger partial charge in [0.2, 0.25) is 6.79 Å². The Hall–Kier alpha value is -3.26. The topological polar surface area (TPSA) is 70.9 Å². The van der Waals surface area contributed by atoms with Crippen LogP contribution in [-0.4, -0.2) is 16.8 Å². The second-order valence-electron chi connectivity index (χ2n) is 4.85. The van der Waals surface area contributed by atoms with Gasteiger partial charge in [-0.2, -0.15) is 5.26 Å². The van der Waals surface area contributed by atoms with Gasteiger partial charge in [0, 0.05) is 5.56 Å². The van der Waals surface area contributed by atoms with Gasteiger partial charge in [0.05, 0.1) is 16.6 Å².